The maximum absolute atomic E-state index is 5.89. The fraction of sp³-hybridized carbons (Fsp3) is 0. The Morgan fingerprint density at radius 1 is 0.688 bits per heavy atom. The Kier molecular flexibility index (Phi) is 2.95. The molecule has 0 unspecified atom stereocenters. The number of nitrogens with two attached hydrogens (primary N) is 2. The molecule has 2 aromatic carbocycles. The molecule has 16 heavy (non-hydrogen) atoms. The van der Waals surface area contributed by atoms with Gasteiger partial charge in [-0.15, -0.1) is 0 Å². The number of hydrogen-bond acceptors (Lipinski definition) is 2. The summed E-state index contributed by atoms with van der Waals surface area (Å²) >= 11 is 11.7. The van der Waals surface area contributed by atoms with E-state index < -0.39 is 0 Å². The van der Waals surface area contributed by atoms with Crippen molar-refractivity contribution in [3.8, 4) is 11.1 Å². The van der Waals surface area contributed by atoms with Crippen LogP contribution in [0.3, 0.4) is 0 Å². The molecule has 0 saturated carbocycles. The van der Waals surface area contributed by atoms with E-state index in [9.17, 15) is 0 Å². The van der Waals surface area contributed by atoms with Gasteiger partial charge in [0, 0.05) is 32.5 Å². The van der Waals surface area contributed by atoms with Gasteiger partial charge in [0.1, 0.15) is 0 Å². The summed E-state index contributed by atoms with van der Waals surface area (Å²) in [5, 5.41) is 1.21. The van der Waals surface area contributed by atoms with Gasteiger partial charge in [-0.2, -0.15) is 0 Å². The molecule has 0 bridgehead atoms. The van der Waals surface area contributed by atoms with Crippen molar-refractivity contribution in [1.29, 1.82) is 0 Å². The van der Waals surface area contributed by atoms with Gasteiger partial charge in [-0.1, -0.05) is 35.3 Å². The molecule has 4 heteroatoms. The first kappa shape index (κ1) is 11.1. The number of nitrogen functional groups attached to an aromatic ring is 2. The van der Waals surface area contributed by atoms with Crippen molar-refractivity contribution >= 4 is 34.6 Å². The zero-order chi connectivity index (χ0) is 11.7. The van der Waals surface area contributed by atoms with Gasteiger partial charge in [0.05, 0.1) is 0 Å². The Bertz CT molecular complexity index is 489. The minimum absolute atomic E-state index is 0.599. The molecule has 0 aliphatic rings. The van der Waals surface area contributed by atoms with Crippen LogP contribution in [0, 0.1) is 0 Å². The summed E-state index contributed by atoms with van der Waals surface area (Å²) in [6.45, 7) is 0. The van der Waals surface area contributed by atoms with E-state index in [2.05, 4.69) is 0 Å². The van der Waals surface area contributed by atoms with Crippen molar-refractivity contribution < 1.29 is 0 Å². The molecule has 0 aromatic heterocycles. The topological polar surface area (TPSA) is 52.0 Å². The third-order valence-electron chi connectivity index (χ3n) is 2.32. The minimum atomic E-state index is 0.599. The standard InChI is InChI=1S/C12H10Cl2N2/c13-7-1-3-9(11(15)5-7)10-4-2-8(14)6-12(10)16/h1-6H,15-16H2. The zero-order valence-electron chi connectivity index (χ0n) is 8.37. The lowest BCUT2D eigenvalue weighted by atomic mass is 10.0. The zero-order valence-corrected chi connectivity index (χ0v) is 9.89. The van der Waals surface area contributed by atoms with Crippen molar-refractivity contribution in [2.45, 2.75) is 0 Å². The molecule has 0 aliphatic carbocycles. The molecular formula is C12H10Cl2N2. The van der Waals surface area contributed by atoms with Gasteiger partial charge in [0.25, 0.3) is 0 Å². The van der Waals surface area contributed by atoms with Gasteiger partial charge < -0.3 is 11.5 Å². The normalized spacial score (nSPS) is 10.4. The molecular weight excluding hydrogens is 243 g/mol. The van der Waals surface area contributed by atoms with E-state index in [1.165, 1.54) is 0 Å². The molecule has 2 aromatic rings. The summed E-state index contributed by atoms with van der Waals surface area (Å²) in [5.41, 5.74) is 14.7. The van der Waals surface area contributed by atoms with Crippen molar-refractivity contribution in [1.82, 2.24) is 0 Å². The van der Waals surface area contributed by atoms with Crippen LogP contribution in [0.2, 0.25) is 10.0 Å². The predicted octanol–water partition coefficient (Wildman–Crippen LogP) is 3.82. The largest absolute Gasteiger partial charge is 0.398 e. The number of halogens is 2. The maximum Gasteiger partial charge on any atom is 0.0426 e. The number of anilines is 2. The summed E-state index contributed by atoms with van der Waals surface area (Å²) in [6.07, 6.45) is 0. The van der Waals surface area contributed by atoms with Crippen molar-refractivity contribution in [3.05, 3.63) is 46.4 Å². The highest BCUT2D eigenvalue weighted by Crippen LogP contribution is 2.33. The number of hydrogen-bond donors (Lipinski definition) is 2. The summed E-state index contributed by atoms with van der Waals surface area (Å²) in [6, 6.07) is 10.6. The van der Waals surface area contributed by atoms with Gasteiger partial charge in [-0.3, -0.25) is 0 Å². The van der Waals surface area contributed by atoms with Crippen LogP contribution in [0.1, 0.15) is 0 Å². The lowest BCUT2D eigenvalue weighted by Crippen LogP contribution is -1.94. The van der Waals surface area contributed by atoms with E-state index in [0.717, 1.165) is 11.1 Å². The average molecular weight is 253 g/mol. The summed E-state index contributed by atoms with van der Waals surface area (Å²) in [5.74, 6) is 0. The van der Waals surface area contributed by atoms with E-state index in [-0.39, 0.29) is 0 Å². The Hall–Kier alpha value is -1.38. The van der Waals surface area contributed by atoms with Gasteiger partial charge in [0.15, 0.2) is 0 Å². The van der Waals surface area contributed by atoms with Crippen LogP contribution in [0.5, 0.6) is 0 Å². The lowest BCUT2D eigenvalue weighted by Gasteiger charge is -2.09. The Balaban J connectivity index is 2.59. The van der Waals surface area contributed by atoms with Crippen LogP contribution in [0.4, 0.5) is 11.4 Å². The summed E-state index contributed by atoms with van der Waals surface area (Å²) in [4.78, 5) is 0. The molecule has 4 N–H and O–H groups in total. The fourth-order valence-corrected chi connectivity index (χ4v) is 1.92. The van der Waals surface area contributed by atoms with Crippen LogP contribution >= 0.6 is 23.2 Å². The highest BCUT2D eigenvalue weighted by Gasteiger charge is 2.07. The van der Waals surface area contributed by atoms with Gasteiger partial charge in [-0.25, -0.2) is 0 Å². The lowest BCUT2D eigenvalue weighted by molar-refractivity contribution is 1.60. The summed E-state index contributed by atoms with van der Waals surface area (Å²) < 4.78 is 0. The Morgan fingerprint density at radius 3 is 1.38 bits per heavy atom. The van der Waals surface area contributed by atoms with Crippen LogP contribution in [0.25, 0.3) is 11.1 Å². The highest BCUT2D eigenvalue weighted by atomic mass is 35.5. The van der Waals surface area contributed by atoms with Crippen LogP contribution in [-0.2, 0) is 0 Å². The molecule has 0 aliphatic heterocycles. The second-order valence-electron chi connectivity index (χ2n) is 3.46. The molecule has 0 amide bonds. The third-order valence-corrected chi connectivity index (χ3v) is 2.79. The Morgan fingerprint density at radius 2 is 1.06 bits per heavy atom. The molecule has 2 nitrogen and oxygen atoms in total. The molecule has 82 valence electrons. The third kappa shape index (κ3) is 2.08. The minimum Gasteiger partial charge on any atom is -0.398 e. The van der Waals surface area contributed by atoms with Crippen LogP contribution in [0.15, 0.2) is 36.4 Å². The Labute approximate surface area is 104 Å². The smallest absolute Gasteiger partial charge is 0.0426 e. The second-order valence-corrected chi connectivity index (χ2v) is 4.34. The van der Waals surface area contributed by atoms with E-state index in [1.54, 1.807) is 24.3 Å². The summed E-state index contributed by atoms with van der Waals surface area (Å²) in [7, 11) is 0. The first-order valence-corrected chi connectivity index (χ1v) is 5.44. The van der Waals surface area contributed by atoms with Crippen molar-refractivity contribution in [2.75, 3.05) is 11.5 Å². The predicted molar refractivity (Wildman–Crippen MR) is 70.7 cm³/mol. The number of rotatable bonds is 1. The van der Waals surface area contributed by atoms with Crippen LogP contribution in [-0.4, -0.2) is 0 Å². The second kappa shape index (κ2) is 4.24. The highest BCUT2D eigenvalue weighted by molar-refractivity contribution is 6.31. The molecule has 0 heterocycles. The van der Waals surface area contributed by atoms with E-state index in [0.29, 0.717) is 21.4 Å². The van der Waals surface area contributed by atoms with E-state index in [4.69, 9.17) is 34.7 Å². The number of benzene rings is 2. The molecule has 0 radical (unpaired) electrons. The van der Waals surface area contributed by atoms with Gasteiger partial charge in [0.2, 0.25) is 0 Å². The SMILES string of the molecule is Nc1cc(Cl)ccc1-c1ccc(Cl)cc1N. The molecule has 0 spiro atoms. The average Bonchev–Trinajstić information content (AvgIpc) is 2.19. The quantitative estimate of drug-likeness (QED) is 0.759. The molecule has 2 rings (SSSR count). The molecule has 0 saturated heterocycles. The fourth-order valence-electron chi connectivity index (χ4n) is 1.56. The monoisotopic (exact) mass is 252 g/mol. The van der Waals surface area contributed by atoms with Gasteiger partial charge in [-0.05, 0) is 24.3 Å². The van der Waals surface area contributed by atoms with Crippen molar-refractivity contribution in [2.24, 2.45) is 0 Å². The van der Waals surface area contributed by atoms with E-state index >= 15 is 0 Å². The first-order valence-electron chi connectivity index (χ1n) is 4.68. The van der Waals surface area contributed by atoms with Gasteiger partial charge >= 0.3 is 0 Å². The van der Waals surface area contributed by atoms with E-state index in [1.807, 2.05) is 12.1 Å². The molecule has 0 atom stereocenters. The van der Waals surface area contributed by atoms with Crippen molar-refractivity contribution in [3.63, 3.8) is 0 Å². The van der Waals surface area contributed by atoms with Crippen LogP contribution < -0.4 is 11.5 Å². The molecule has 0 fully saturated rings. The first-order chi connectivity index (χ1) is 7.58. The maximum atomic E-state index is 5.89.